The number of carbonyl (C=O) groups excluding carboxylic acids is 2. The highest BCUT2D eigenvalue weighted by molar-refractivity contribution is 5.98. The summed E-state index contributed by atoms with van der Waals surface area (Å²) in [7, 11) is 4.94. The van der Waals surface area contributed by atoms with E-state index in [1.807, 2.05) is 13.2 Å². The molecule has 0 atom stereocenters. The molecule has 0 radical (unpaired) electrons. The van der Waals surface area contributed by atoms with E-state index in [0.29, 0.717) is 23.5 Å². The lowest BCUT2D eigenvalue weighted by molar-refractivity contribution is 0.0963. The Morgan fingerprint density at radius 1 is 1.38 bits per heavy atom. The fraction of sp³-hybridized carbons (Fsp3) is 0.389. The lowest BCUT2D eigenvalue weighted by atomic mass is 10.1. The molecule has 138 valence electrons. The van der Waals surface area contributed by atoms with Gasteiger partial charge in [0.15, 0.2) is 0 Å². The molecular weight excluding hydrogens is 334 g/mol. The van der Waals surface area contributed by atoms with Gasteiger partial charge in [0.1, 0.15) is 5.75 Å². The van der Waals surface area contributed by atoms with Crippen LogP contribution in [0.25, 0.3) is 0 Å². The molecule has 0 spiro atoms. The Balaban J connectivity index is 1.79. The molecule has 2 aromatic rings. The summed E-state index contributed by atoms with van der Waals surface area (Å²) in [5.41, 5.74) is 1.89. The van der Waals surface area contributed by atoms with Crippen LogP contribution in [0.2, 0.25) is 0 Å². The summed E-state index contributed by atoms with van der Waals surface area (Å²) in [6.45, 7) is 0.488. The number of methoxy groups -OCH3 is 1. The van der Waals surface area contributed by atoms with Gasteiger partial charge < -0.3 is 20.3 Å². The first kappa shape index (κ1) is 17.8. The molecule has 1 fully saturated rings. The van der Waals surface area contributed by atoms with Crippen molar-refractivity contribution in [1.29, 1.82) is 0 Å². The van der Waals surface area contributed by atoms with Gasteiger partial charge in [-0.2, -0.15) is 5.10 Å². The van der Waals surface area contributed by atoms with Gasteiger partial charge in [0.2, 0.25) is 0 Å². The van der Waals surface area contributed by atoms with Crippen LogP contribution in [0.1, 0.15) is 28.8 Å². The van der Waals surface area contributed by atoms with Crippen LogP contribution in [0.4, 0.5) is 10.5 Å². The SMILES string of the molecule is CNC(=O)c1ccc(OC)c(NC(=O)N(Cc2cnn(C)c2)C2CC2)c1. The number of hydrogen-bond acceptors (Lipinski definition) is 4. The predicted octanol–water partition coefficient (Wildman–Crippen LogP) is 1.98. The number of nitrogens with zero attached hydrogens (tertiary/aromatic N) is 3. The van der Waals surface area contributed by atoms with Crippen molar-refractivity contribution in [2.24, 2.45) is 7.05 Å². The second-order valence-electron chi connectivity index (χ2n) is 6.31. The first-order valence-corrected chi connectivity index (χ1v) is 8.47. The van der Waals surface area contributed by atoms with Gasteiger partial charge >= 0.3 is 6.03 Å². The van der Waals surface area contributed by atoms with E-state index in [9.17, 15) is 9.59 Å². The van der Waals surface area contributed by atoms with E-state index in [4.69, 9.17) is 4.74 Å². The fourth-order valence-electron chi connectivity index (χ4n) is 2.78. The van der Waals surface area contributed by atoms with Crippen LogP contribution in [0, 0.1) is 0 Å². The van der Waals surface area contributed by atoms with Crippen molar-refractivity contribution in [3.05, 3.63) is 41.7 Å². The molecule has 8 nitrogen and oxygen atoms in total. The summed E-state index contributed by atoms with van der Waals surface area (Å²) < 4.78 is 7.03. The summed E-state index contributed by atoms with van der Waals surface area (Å²) in [5, 5.41) is 9.61. The lowest BCUT2D eigenvalue weighted by Gasteiger charge is -2.23. The Morgan fingerprint density at radius 3 is 2.73 bits per heavy atom. The summed E-state index contributed by atoms with van der Waals surface area (Å²) in [6, 6.07) is 4.95. The average Bonchev–Trinajstić information content (AvgIpc) is 3.40. The van der Waals surface area contributed by atoms with E-state index in [0.717, 1.165) is 18.4 Å². The monoisotopic (exact) mass is 357 g/mol. The number of benzene rings is 1. The summed E-state index contributed by atoms with van der Waals surface area (Å²) in [4.78, 5) is 26.5. The molecule has 1 aromatic heterocycles. The lowest BCUT2D eigenvalue weighted by Crippen LogP contribution is -2.36. The zero-order valence-corrected chi connectivity index (χ0v) is 15.2. The van der Waals surface area contributed by atoms with Crippen molar-refractivity contribution in [3.63, 3.8) is 0 Å². The Hall–Kier alpha value is -3.03. The number of carbonyl (C=O) groups is 2. The van der Waals surface area contributed by atoms with Gasteiger partial charge in [0, 0.05) is 37.5 Å². The van der Waals surface area contributed by atoms with E-state index in [1.165, 1.54) is 7.11 Å². The molecule has 3 rings (SSSR count). The quantitative estimate of drug-likeness (QED) is 0.827. The first-order valence-electron chi connectivity index (χ1n) is 8.47. The molecular formula is C18H23N5O3. The number of ether oxygens (including phenoxy) is 1. The summed E-state index contributed by atoms with van der Waals surface area (Å²) in [6.07, 6.45) is 5.64. The average molecular weight is 357 g/mol. The number of hydrogen-bond donors (Lipinski definition) is 2. The van der Waals surface area contributed by atoms with Crippen LogP contribution in [0.5, 0.6) is 5.75 Å². The van der Waals surface area contributed by atoms with Gasteiger partial charge in [-0.15, -0.1) is 0 Å². The third-order valence-electron chi connectivity index (χ3n) is 4.29. The predicted molar refractivity (Wildman–Crippen MR) is 97.2 cm³/mol. The number of nitrogens with one attached hydrogen (secondary N) is 2. The molecule has 1 saturated carbocycles. The van der Waals surface area contributed by atoms with Crippen LogP contribution < -0.4 is 15.4 Å². The van der Waals surface area contributed by atoms with Gasteiger partial charge in [-0.3, -0.25) is 9.48 Å². The van der Waals surface area contributed by atoms with Crippen LogP contribution in [-0.2, 0) is 13.6 Å². The molecule has 8 heteroatoms. The molecule has 1 aliphatic rings. The largest absolute Gasteiger partial charge is 0.495 e. The van der Waals surface area contributed by atoms with E-state index < -0.39 is 0 Å². The molecule has 0 aliphatic heterocycles. The van der Waals surface area contributed by atoms with E-state index in [-0.39, 0.29) is 18.0 Å². The zero-order chi connectivity index (χ0) is 18.7. The maximum Gasteiger partial charge on any atom is 0.322 e. The Kier molecular flexibility index (Phi) is 5.11. The van der Waals surface area contributed by atoms with Crippen LogP contribution in [0.3, 0.4) is 0 Å². The minimum Gasteiger partial charge on any atom is -0.495 e. The second kappa shape index (κ2) is 7.47. The maximum absolute atomic E-state index is 12.9. The molecule has 2 N–H and O–H groups in total. The van der Waals surface area contributed by atoms with E-state index >= 15 is 0 Å². The van der Waals surface area contributed by atoms with Crippen LogP contribution in [-0.4, -0.2) is 46.8 Å². The van der Waals surface area contributed by atoms with Crippen LogP contribution in [0.15, 0.2) is 30.6 Å². The normalized spacial score (nSPS) is 13.2. The highest BCUT2D eigenvalue weighted by atomic mass is 16.5. The molecule has 3 amide bonds. The highest BCUT2D eigenvalue weighted by Gasteiger charge is 2.33. The molecule has 0 saturated heterocycles. The van der Waals surface area contributed by atoms with Crippen LogP contribution >= 0.6 is 0 Å². The minimum absolute atomic E-state index is 0.219. The fourth-order valence-corrected chi connectivity index (χ4v) is 2.78. The number of amides is 3. The summed E-state index contributed by atoms with van der Waals surface area (Å²) >= 11 is 0. The van der Waals surface area contributed by atoms with Gasteiger partial charge in [-0.05, 0) is 31.0 Å². The maximum atomic E-state index is 12.9. The molecule has 0 bridgehead atoms. The van der Waals surface area contributed by atoms with E-state index in [2.05, 4.69) is 15.7 Å². The third kappa shape index (κ3) is 3.96. The molecule has 0 unspecified atom stereocenters. The van der Waals surface area contributed by atoms with E-state index in [1.54, 1.807) is 41.0 Å². The highest BCUT2D eigenvalue weighted by Crippen LogP contribution is 2.31. The number of urea groups is 1. The second-order valence-corrected chi connectivity index (χ2v) is 6.31. The Morgan fingerprint density at radius 2 is 2.15 bits per heavy atom. The summed E-state index contributed by atoms with van der Waals surface area (Å²) in [5.74, 6) is 0.278. The number of aromatic nitrogens is 2. The van der Waals surface area contributed by atoms with Crippen molar-refractivity contribution in [2.45, 2.75) is 25.4 Å². The first-order chi connectivity index (χ1) is 12.5. The topological polar surface area (TPSA) is 88.5 Å². The van der Waals surface area contributed by atoms with Gasteiger partial charge in [-0.25, -0.2) is 4.79 Å². The molecule has 1 heterocycles. The van der Waals surface area contributed by atoms with Crippen molar-refractivity contribution in [3.8, 4) is 5.75 Å². The van der Waals surface area contributed by atoms with Gasteiger partial charge in [0.25, 0.3) is 5.91 Å². The third-order valence-corrected chi connectivity index (χ3v) is 4.29. The Labute approximate surface area is 152 Å². The molecule has 1 aromatic carbocycles. The number of aryl methyl sites for hydroxylation is 1. The molecule has 1 aliphatic carbocycles. The molecule has 26 heavy (non-hydrogen) atoms. The van der Waals surface area contributed by atoms with Crippen molar-refractivity contribution < 1.29 is 14.3 Å². The number of rotatable bonds is 6. The minimum atomic E-state index is -0.224. The standard InChI is InChI=1S/C18H23N5O3/c1-19-17(24)13-4-7-16(26-3)15(8-13)21-18(25)23(14-5-6-14)11-12-9-20-22(2)10-12/h4,7-10,14H,5-6,11H2,1-3H3,(H,19,24)(H,21,25). The smallest absolute Gasteiger partial charge is 0.322 e. The zero-order valence-electron chi connectivity index (χ0n) is 15.2. The van der Waals surface area contributed by atoms with Gasteiger partial charge in [-0.1, -0.05) is 0 Å². The number of anilines is 1. The Bertz CT molecular complexity index is 813. The van der Waals surface area contributed by atoms with Crippen molar-refractivity contribution in [1.82, 2.24) is 20.0 Å². The van der Waals surface area contributed by atoms with Crippen molar-refractivity contribution in [2.75, 3.05) is 19.5 Å². The van der Waals surface area contributed by atoms with Crippen molar-refractivity contribution >= 4 is 17.6 Å². The van der Waals surface area contributed by atoms with Gasteiger partial charge in [0.05, 0.1) is 25.5 Å².